The van der Waals surface area contributed by atoms with E-state index in [1.807, 2.05) is 13.8 Å². The molecule has 38 heavy (non-hydrogen) atoms. The van der Waals surface area contributed by atoms with Crippen LogP contribution in [-0.2, 0) is 26.2 Å². The molecule has 11 heteroatoms. The molecule has 0 fully saturated rings. The molecular formula is C27H28Cl3N3O4S. The Morgan fingerprint density at radius 2 is 1.47 bits per heavy atom. The maximum atomic E-state index is 13.8. The number of halogens is 3. The van der Waals surface area contributed by atoms with Crippen LogP contribution >= 0.6 is 34.8 Å². The van der Waals surface area contributed by atoms with Crippen LogP contribution in [0.25, 0.3) is 0 Å². The number of hydrogen-bond donors (Lipinski definition) is 1. The lowest BCUT2D eigenvalue weighted by molar-refractivity contribution is -0.139. The van der Waals surface area contributed by atoms with Gasteiger partial charge in [0.25, 0.3) is 10.0 Å². The SMILES string of the molecule is CC(C)NC(=O)[C@H](C)N(Cc1cccc(Cl)c1)C(=O)CN(c1cc(Cl)cc(Cl)c1)S(=O)(=O)c1ccccc1. The molecule has 0 aliphatic carbocycles. The lowest BCUT2D eigenvalue weighted by atomic mass is 10.1. The third kappa shape index (κ3) is 7.63. The smallest absolute Gasteiger partial charge is 0.264 e. The number of rotatable bonds is 10. The number of benzene rings is 3. The Morgan fingerprint density at radius 3 is 2.05 bits per heavy atom. The summed E-state index contributed by atoms with van der Waals surface area (Å²) in [5.74, 6) is -0.981. The fourth-order valence-electron chi connectivity index (χ4n) is 3.75. The first-order valence-corrected chi connectivity index (χ1v) is 14.3. The zero-order valence-electron chi connectivity index (χ0n) is 21.1. The normalized spacial score (nSPS) is 12.2. The van der Waals surface area contributed by atoms with Gasteiger partial charge in [-0.05, 0) is 68.8 Å². The molecule has 3 aromatic rings. The van der Waals surface area contributed by atoms with Crippen molar-refractivity contribution in [2.45, 2.75) is 44.3 Å². The predicted octanol–water partition coefficient (Wildman–Crippen LogP) is 5.78. The van der Waals surface area contributed by atoms with E-state index in [1.165, 1.54) is 35.2 Å². The molecular weight excluding hydrogens is 569 g/mol. The molecule has 1 atom stereocenters. The summed E-state index contributed by atoms with van der Waals surface area (Å²) in [6.45, 7) is 4.64. The second kappa shape index (κ2) is 12.8. The molecule has 7 nitrogen and oxygen atoms in total. The Morgan fingerprint density at radius 1 is 0.842 bits per heavy atom. The zero-order chi connectivity index (χ0) is 28.0. The van der Waals surface area contributed by atoms with Gasteiger partial charge in [0.1, 0.15) is 12.6 Å². The van der Waals surface area contributed by atoms with Gasteiger partial charge in [0, 0.05) is 27.7 Å². The Balaban J connectivity index is 2.06. The number of carbonyl (C=O) groups excluding carboxylic acids is 2. The van der Waals surface area contributed by atoms with E-state index < -0.39 is 28.5 Å². The van der Waals surface area contributed by atoms with E-state index in [-0.39, 0.29) is 39.1 Å². The van der Waals surface area contributed by atoms with Crippen LogP contribution in [0, 0.1) is 0 Å². The average Bonchev–Trinajstić information content (AvgIpc) is 2.84. The monoisotopic (exact) mass is 595 g/mol. The predicted molar refractivity (Wildman–Crippen MR) is 152 cm³/mol. The second-order valence-electron chi connectivity index (χ2n) is 8.94. The zero-order valence-corrected chi connectivity index (χ0v) is 24.2. The van der Waals surface area contributed by atoms with Gasteiger partial charge < -0.3 is 10.2 Å². The highest BCUT2D eigenvalue weighted by Crippen LogP contribution is 2.30. The minimum absolute atomic E-state index is 0.0177. The minimum Gasteiger partial charge on any atom is -0.352 e. The van der Waals surface area contributed by atoms with Gasteiger partial charge in [0.15, 0.2) is 0 Å². The van der Waals surface area contributed by atoms with Crippen molar-refractivity contribution in [3.05, 3.63) is 93.4 Å². The van der Waals surface area contributed by atoms with Crippen LogP contribution in [0.3, 0.4) is 0 Å². The van der Waals surface area contributed by atoms with E-state index in [9.17, 15) is 18.0 Å². The van der Waals surface area contributed by atoms with Crippen molar-refractivity contribution < 1.29 is 18.0 Å². The molecule has 202 valence electrons. The molecule has 0 aliphatic heterocycles. The first kappa shape index (κ1) is 29.8. The number of hydrogen-bond acceptors (Lipinski definition) is 4. The van der Waals surface area contributed by atoms with E-state index in [0.29, 0.717) is 10.6 Å². The summed E-state index contributed by atoms with van der Waals surface area (Å²) < 4.78 is 28.4. The summed E-state index contributed by atoms with van der Waals surface area (Å²) in [6, 6.07) is 17.8. The maximum absolute atomic E-state index is 13.8. The van der Waals surface area contributed by atoms with E-state index in [4.69, 9.17) is 34.8 Å². The molecule has 0 saturated carbocycles. The van der Waals surface area contributed by atoms with Crippen molar-refractivity contribution in [3.8, 4) is 0 Å². The van der Waals surface area contributed by atoms with Crippen LogP contribution in [0.2, 0.25) is 15.1 Å². The number of nitrogens with zero attached hydrogens (tertiary/aromatic N) is 2. The van der Waals surface area contributed by atoms with Crippen LogP contribution in [0.1, 0.15) is 26.3 Å². The molecule has 0 radical (unpaired) electrons. The van der Waals surface area contributed by atoms with Gasteiger partial charge in [-0.25, -0.2) is 8.42 Å². The van der Waals surface area contributed by atoms with Gasteiger partial charge in [0.2, 0.25) is 11.8 Å². The minimum atomic E-state index is -4.21. The molecule has 0 bridgehead atoms. The van der Waals surface area contributed by atoms with Crippen molar-refractivity contribution in [1.29, 1.82) is 0 Å². The fourth-order valence-corrected chi connectivity index (χ4v) is 5.90. The summed E-state index contributed by atoms with van der Waals surface area (Å²) in [4.78, 5) is 28.1. The molecule has 0 aliphatic rings. The van der Waals surface area contributed by atoms with Crippen molar-refractivity contribution >= 4 is 62.3 Å². The highest BCUT2D eigenvalue weighted by molar-refractivity contribution is 7.92. The number of nitrogens with one attached hydrogen (secondary N) is 1. The molecule has 2 amide bonds. The number of amides is 2. The van der Waals surface area contributed by atoms with Crippen LogP contribution in [0.4, 0.5) is 5.69 Å². The first-order chi connectivity index (χ1) is 17.9. The van der Waals surface area contributed by atoms with Crippen LogP contribution in [-0.4, -0.2) is 43.8 Å². The molecule has 3 aromatic carbocycles. The van der Waals surface area contributed by atoms with E-state index in [1.54, 1.807) is 49.4 Å². The van der Waals surface area contributed by atoms with E-state index >= 15 is 0 Å². The molecule has 3 rings (SSSR count). The van der Waals surface area contributed by atoms with Gasteiger partial charge in [-0.1, -0.05) is 65.1 Å². The van der Waals surface area contributed by atoms with Crippen molar-refractivity contribution in [3.63, 3.8) is 0 Å². The van der Waals surface area contributed by atoms with Gasteiger partial charge in [0.05, 0.1) is 10.6 Å². The second-order valence-corrected chi connectivity index (χ2v) is 12.1. The van der Waals surface area contributed by atoms with Crippen LogP contribution < -0.4 is 9.62 Å². The Hall–Kier alpha value is -2.78. The van der Waals surface area contributed by atoms with Gasteiger partial charge in [-0.15, -0.1) is 0 Å². The summed E-state index contributed by atoms with van der Waals surface area (Å²) in [6.07, 6.45) is 0. The van der Waals surface area contributed by atoms with E-state index in [2.05, 4.69) is 5.32 Å². The quantitative estimate of drug-likeness (QED) is 0.321. The van der Waals surface area contributed by atoms with Crippen molar-refractivity contribution in [2.24, 2.45) is 0 Å². The fraction of sp³-hybridized carbons (Fsp3) is 0.259. The summed E-state index contributed by atoms with van der Waals surface area (Å²) >= 11 is 18.5. The molecule has 0 saturated heterocycles. The van der Waals surface area contributed by atoms with Crippen molar-refractivity contribution in [2.75, 3.05) is 10.8 Å². The molecule has 0 heterocycles. The average molecular weight is 597 g/mol. The summed E-state index contributed by atoms with van der Waals surface area (Å²) in [7, 11) is -4.21. The van der Waals surface area contributed by atoms with Crippen LogP contribution in [0.15, 0.2) is 77.7 Å². The molecule has 0 unspecified atom stereocenters. The first-order valence-electron chi connectivity index (χ1n) is 11.8. The highest BCUT2D eigenvalue weighted by Gasteiger charge is 2.33. The standard InChI is InChI=1S/C27H28Cl3N3O4S/c1-18(2)31-27(35)19(3)32(16-20-8-7-9-21(28)12-20)26(34)17-33(24-14-22(29)13-23(30)15-24)38(36,37)25-10-5-4-6-11-25/h4-15,18-19H,16-17H2,1-3H3,(H,31,35)/t19-/m0/s1. The molecule has 0 aromatic heterocycles. The maximum Gasteiger partial charge on any atom is 0.264 e. The van der Waals surface area contributed by atoms with Gasteiger partial charge in [-0.3, -0.25) is 13.9 Å². The molecule has 0 spiro atoms. The summed E-state index contributed by atoms with van der Waals surface area (Å²) in [5.41, 5.74) is 0.792. The topological polar surface area (TPSA) is 86.8 Å². The highest BCUT2D eigenvalue weighted by atomic mass is 35.5. The van der Waals surface area contributed by atoms with Crippen LogP contribution in [0.5, 0.6) is 0 Å². The number of sulfonamides is 1. The van der Waals surface area contributed by atoms with E-state index in [0.717, 1.165) is 4.31 Å². The molecule has 1 N–H and O–H groups in total. The number of anilines is 1. The third-order valence-corrected chi connectivity index (χ3v) is 8.05. The Bertz CT molecular complexity index is 1380. The largest absolute Gasteiger partial charge is 0.352 e. The summed E-state index contributed by atoms with van der Waals surface area (Å²) in [5, 5.41) is 3.68. The van der Waals surface area contributed by atoms with Gasteiger partial charge >= 0.3 is 0 Å². The number of carbonyl (C=O) groups is 2. The lowest BCUT2D eigenvalue weighted by Gasteiger charge is -2.32. The third-order valence-electron chi connectivity index (χ3n) is 5.59. The lowest BCUT2D eigenvalue weighted by Crippen LogP contribution is -2.52. The Labute approximate surface area is 238 Å². The van der Waals surface area contributed by atoms with Crippen molar-refractivity contribution in [1.82, 2.24) is 10.2 Å². The Kier molecular flexibility index (Phi) is 10.1. The van der Waals surface area contributed by atoms with Gasteiger partial charge in [-0.2, -0.15) is 0 Å².